The molecule has 1 N–H and O–H groups in total. The van der Waals surface area contributed by atoms with Crippen molar-refractivity contribution < 1.29 is 19.4 Å². The monoisotopic (exact) mass is 160 g/mol. The molecular formula is C7H12O4. The average molecular weight is 160 g/mol. The Morgan fingerprint density at radius 2 is 2.09 bits per heavy atom. The van der Waals surface area contributed by atoms with Gasteiger partial charge in [-0.2, -0.15) is 0 Å². The predicted molar refractivity (Wildman–Crippen MR) is 38.3 cm³/mol. The maximum atomic E-state index is 10.4. The van der Waals surface area contributed by atoms with Gasteiger partial charge in [0.25, 0.3) is 0 Å². The largest absolute Gasteiger partial charge is 0.479 e. The fourth-order valence-electron chi connectivity index (χ4n) is 0.582. The third kappa shape index (κ3) is 4.50. The molecule has 1 atom stereocenters. The van der Waals surface area contributed by atoms with Gasteiger partial charge in [-0.1, -0.05) is 6.92 Å². The van der Waals surface area contributed by atoms with E-state index < -0.39 is 12.1 Å². The molecule has 0 fully saturated rings. The van der Waals surface area contributed by atoms with E-state index in [4.69, 9.17) is 9.84 Å². The van der Waals surface area contributed by atoms with Gasteiger partial charge in [-0.3, -0.25) is 4.79 Å². The maximum Gasteiger partial charge on any atom is 0.332 e. The number of Topliss-reactive ketones (excluding diaryl/α,β-unsaturated/α-hetero) is 1. The number of carbonyl (C=O) groups is 2. The molecule has 4 heteroatoms. The number of rotatable bonds is 5. The molecule has 1 unspecified atom stereocenters. The number of carboxylic acids is 1. The van der Waals surface area contributed by atoms with Gasteiger partial charge in [0.05, 0.1) is 0 Å². The van der Waals surface area contributed by atoms with Crippen molar-refractivity contribution in [2.75, 3.05) is 6.61 Å². The van der Waals surface area contributed by atoms with Crippen LogP contribution in [0.15, 0.2) is 0 Å². The quantitative estimate of drug-likeness (QED) is 0.634. The summed E-state index contributed by atoms with van der Waals surface area (Å²) in [4.78, 5) is 20.7. The molecule has 0 amide bonds. The zero-order valence-electron chi connectivity index (χ0n) is 6.66. The number of carbonyl (C=O) groups excluding carboxylic acids is 1. The van der Waals surface area contributed by atoms with Gasteiger partial charge in [-0.15, -0.1) is 0 Å². The van der Waals surface area contributed by atoms with Crippen LogP contribution in [0.5, 0.6) is 0 Å². The normalized spacial score (nSPS) is 12.5. The summed E-state index contributed by atoms with van der Waals surface area (Å²) in [6.07, 6.45) is -0.471. The highest BCUT2D eigenvalue weighted by atomic mass is 16.5. The van der Waals surface area contributed by atoms with E-state index in [0.29, 0.717) is 6.42 Å². The van der Waals surface area contributed by atoms with Crippen molar-refractivity contribution in [3.8, 4) is 0 Å². The maximum absolute atomic E-state index is 10.4. The molecule has 0 radical (unpaired) electrons. The van der Waals surface area contributed by atoms with Crippen molar-refractivity contribution in [1.82, 2.24) is 0 Å². The number of ether oxygens (including phenoxy) is 1. The van der Waals surface area contributed by atoms with Crippen LogP contribution in [0.3, 0.4) is 0 Å². The highest BCUT2D eigenvalue weighted by molar-refractivity contribution is 5.77. The number of carboxylic acid groups (broad SMARTS) is 1. The van der Waals surface area contributed by atoms with Crippen LogP contribution < -0.4 is 0 Å². The van der Waals surface area contributed by atoms with Crippen molar-refractivity contribution in [2.24, 2.45) is 0 Å². The van der Waals surface area contributed by atoms with E-state index in [1.807, 2.05) is 0 Å². The Kier molecular flexibility index (Phi) is 4.45. The Morgan fingerprint density at radius 3 is 2.36 bits per heavy atom. The molecular weight excluding hydrogens is 148 g/mol. The second-order valence-corrected chi connectivity index (χ2v) is 2.25. The van der Waals surface area contributed by atoms with Gasteiger partial charge in [0.2, 0.25) is 0 Å². The van der Waals surface area contributed by atoms with Crippen molar-refractivity contribution in [3.05, 3.63) is 0 Å². The summed E-state index contributed by atoms with van der Waals surface area (Å²) in [7, 11) is 0. The molecule has 0 aliphatic carbocycles. The minimum absolute atomic E-state index is 0.120. The molecule has 0 bridgehead atoms. The number of hydrogen-bond donors (Lipinski definition) is 1. The number of aliphatic carboxylic acids is 1. The van der Waals surface area contributed by atoms with Crippen LogP contribution in [0.4, 0.5) is 0 Å². The third-order valence-electron chi connectivity index (χ3n) is 1.13. The van der Waals surface area contributed by atoms with Gasteiger partial charge in [0.1, 0.15) is 6.61 Å². The molecule has 0 aliphatic heterocycles. The lowest BCUT2D eigenvalue weighted by Gasteiger charge is -2.08. The lowest BCUT2D eigenvalue weighted by molar-refractivity contribution is -0.151. The van der Waals surface area contributed by atoms with Crippen molar-refractivity contribution >= 4 is 11.8 Å². The molecule has 4 nitrogen and oxygen atoms in total. The molecule has 0 saturated carbocycles. The first kappa shape index (κ1) is 10.1. The molecule has 0 rings (SSSR count). The van der Waals surface area contributed by atoms with E-state index in [1.165, 1.54) is 6.92 Å². The molecule has 0 aromatic carbocycles. The number of ketones is 1. The van der Waals surface area contributed by atoms with Crippen LogP contribution in [0.25, 0.3) is 0 Å². The fraction of sp³-hybridized carbons (Fsp3) is 0.714. The van der Waals surface area contributed by atoms with E-state index in [2.05, 4.69) is 0 Å². The smallest absolute Gasteiger partial charge is 0.332 e. The molecule has 0 saturated heterocycles. The molecule has 0 aromatic heterocycles. The van der Waals surface area contributed by atoms with Crippen molar-refractivity contribution in [1.29, 1.82) is 0 Å². The second-order valence-electron chi connectivity index (χ2n) is 2.25. The highest BCUT2D eigenvalue weighted by Gasteiger charge is 2.15. The van der Waals surface area contributed by atoms with Crippen molar-refractivity contribution in [3.63, 3.8) is 0 Å². The van der Waals surface area contributed by atoms with E-state index in [-0.39, 0.29) is 12.4 Å². The number of hydrogen-bond acceptors (Lipinski definition) is 3. The lowest BCUT2D eigenvalue weighted by Crippen LogP contribution is -2.25. The predicted octanol–water partition coefficient (Wildman–Crippen LogP) is 0.455. The van der Waals surface area contributed by atoms with Crippen LogP contribution in [0.2, 0.25) is 0 Å². The van der Waals surface area contributed by atoms with Crippen molar-refractivity contribution in [2.45, 2.75) is 26.4 Å². The first-order chi connectivity index (χ1) is 5.07. The Labute approximate surface area is 65.2 Å². The summed E-state index contributed by atoms with van der Waals surface area (Å²) >= 11 is 0. The average Bonchev–Trinajstić information content (AvgIpc) is 1.87. The van der Waals surface area contributed by atoms with Crippen LogP contribution in [0, 0.1) is 0 Å². The molecule has 64 valence electrons. The zero-order chi connectivity index (χ0) is 8.85. The van der Waals surface area contributed by atoms with Gasteiger partial charge in [0.15, 0.2) is 11.9 Å². The highest BCUT2D eigenvalue weighted by Crippen LogP contribution is 1.97. The third-order valence-corrected chi connectivity index (χ3v) is 1.13. The second kappa shape index (κ2) is 4.85. The van der Waals surface area contributed by atoms with E-state index >= 15 is 0 Å². The van der Waals surface area contributed by atoms with E-state index in [9.17, 15) is 9.59 Å². The summed E-state index contributed by atoms with van der Waals surface area (Å²) in [6, 6.07) is 0. The van der Waals surface area contributed by atoms with Gasteiger partial charge < -0.3 is 9.84 Å². The van der Waals surface area contributed by atoms with Gasteiger partial charge in [0, 0.05) is 0 Å². The molecule has 11 heavy (non-hydrogen) atoms. The first-order valence-electron chi connectivity index (χ1n) is 3.41. The summed E-state index contributed by atoms with van der Waals surface area (Å²) in [5.41, 5.74) is 0. The molecule has 0 aromatic rings. The Balaban J connectivity index is 3.70. The Hall–Kier alpha value is -0.900. The Morgan fingerprint density at radius 1 is 1.55 bits per heavy atom. The first-order valence-corrected chi connectivity index (χ1v) is 3.41. The van der Waals surface area contributed by atoms with Crippen LogP contribution in [-0.4, -0.2) is 29.6 Å². The molecule has 0 spiro atoms. The molecule has 0 aliphatic rings. The fourth-order valence-corrected chi connectivity index (χ4v) is 0.582. The Bertz CT molecular complexity index is 153. The van der Waals surface area contributed by atoms with Crippen LogP contribution >= 0.6 is 0 Å². The topological polar surface area (TPSA) is 63.6 Å². The lowest BCUT2D eigenvalue weighted by atomic mass is 10.3. The standard InChI is InChI=1S/C7H12O4/c1-3-6(7(9)10)11-4-5(2)8/h6H,3-4H2,1-2H3,(H,9,10). The zero-order valence-corrected chi connectivity index (χ0v) is 6.66. The summed E-state index contributed by atoms with van der Waals surface area (Å²) in [5.74, 6) is -1.18. The van der Waals surface area contributed by atoms with Gasteiger partial charge >= 0.3 is 5.97 Å². The minimum Gasteiger partial charge on any atom is -0.479 e. The summed E-state index contributed by atoms with van der Waals surface area (Å²) < 4.78 is 4.77. The minimum atomic E-state index is -1.02. The van der Waals surface area contributed by atoms with Gasteiger partial charge in [-0.05, 0) is 13.3 Å². The molecule has 0 heterocycles. The summed E-state index contributed by atoms with van der Waals surface area (Å²) in [6.45, 7) is 2.93. The SMILES string of the molecule is CCC(OCC(C)=O)C(=O)O. The van der Waals surface area contributed by atoms with E-state index in [1.54, 1.807) is 6.92 Å². The van der Waals surface area contributed by atoms with Crippen LogP contribution in [0.1, 0.15) is 20.3 Å². The van der Waals surface area contributed by atoms with Crippen LogP contribution in [-0.2, 0) is 14.3 Å². The van der Waals surface area contributed by atoms with E-state index in [0.717, 1.165) is 0 Å². The summed E-state index contributed by atoms with van der Waals surface area (Å²) in [5, 5.41) is 8.45. The van der Waals surface area contributed by atoms with Gasteiger partial charge in [-0.25, -0.2) is 4.79 Å².